The summed E-state index contributed by atoms with van der Waals surface area (Å²) in [6.07, 6.45) is 1.19. The van der Waals surface area contributed by atoms with Gasteiger partial charge in [0.15, 0.2) is 6.04 Å². The summed E-state index contributed by atoms with van der Waals surface area (Å²) in [5, 5.41) is 0.741. The molecule has 0 radical (unpaired) electrons. The number of imide groups is 1. The van der Waals surface area contributed by atoms with E-state index >= 15 is 0 Å². The molecule has 2 aliphatic rings. The minimum atomic E-state index is -0.318. The first-order valence-electron chi connectivity index (χ1n) is 10.5. The van der Waals surface area contributed by atoms with Gasteiger partial charge in [0.1, 0.15) is 5.75 Å². The van der Waals surface area contributed by atoms with E-state index in [4.69, 9.17) is 16.3 Å². The molecule has 158 valence electrons. The standard InChI is InChI=1S/C23H26ClN3O3/c1-2-15-30-18-9-7-17(8-10-18)27-22(28)16-21(23(27)29)26-13-11-25(12-14-26)20-6-4-3-5-19(20)24/h3-10,21H,2,11-16H2,1H3/p+1/t21-/m1/s1. The maximum absolute atomic E-state index is 13.1. The van der Waals surface area contributed by atoms with Gasteiger partial charge in [0.25, 0.3) is 5.91 Å². The number of halogens is 1. The summed E-state index contributed by atoms with van der Waals surface area (Å²) >= 11 is 6.33. The SMILES string of the molecule is CCCOc1ccc(N2C(=O)C[C@@H]([NH+]3CCN(c4ccccc4Cl)CC3)C2=O)cc1. The lowest BCUT2D eigenvalue weighted by atomic mass is 10.1. The molecule has 6 nitrogen and oxygen atoms in total. The van der Waals surface area contributed by atoms with Gasteiger partial charge in [-0.3, -0.25) is 9.59 Å². The zero-order valence-electron chi connectivity index (χ0n) is 17.1. The number of amides is 2. The summed E-state index contributed by atoms with van der Waals surface area (Å²) in [4.78, 5) is 30.5. The number of benzene rings is 2. The number of carbonyl (C=O) groups excluding carboxylic acids is 2. The predicted molar refractivity (Wildman–Crippen MR) is 117 cm³/mol. The summed E-state index contributed by atoms with van der Waals surface area (Å²) in [5.41, 5.74) is 1.64. The Bertz CT molecular complexity index is 910. The van der Waals surface area contributed by atoms with E-state index in [1.165, 1.54) is 9.80 Å². The van der Waals surface area contributed by atoms with Crippen LogP contribution in [0.15, 0.2) is 48.5 Å². The van der Waals surface area contributed by atoms with Gasteiger partial charge in [0.05, 0.1) is 55.6 Å². The van der Waals surface area contributed by atoms with Crippen molar-refractivity contribution in [1.82, 2.24) is 0 Å². The average Bonchev–Trinajstić information content (AvgIpc) is 3.07. The van der Waals surface area contributed by atoms with Gasteiger partial charge < -0.3 is 14.5 Å². The minimum absolute atomic E-state index is 0.108. The highest BCUT2D eigenvalue weighted by Crippen LogP contribution is 2.26. The van der Waals surface area contributed by atoms with Crippen LogP contribution >= 0.6 is 11.6 Å². The minimum Gasteiger partial charge on any atom is -0.494 e. The Morgan fingerprint density at radius 1 is 1.07 bits per heavy atom. The van der Waals surface area contributed by atoms with Crippen LogP contribution in [-0.4, -0.2) is 50.6 Å². The van der Waals surface area contributed by atoms with Gasteiger partial charge in [0, 0.05) is 0 Å². The Morgan fingerprint density at radius 3 is 2.43 bits per heavy atom. The summed E-state index contributed by atoms with van der Waals surface area (Å²) in [6, 6.07) is 14.7. The molecular weight excluding hydrogens is 402 g/mol. The number of para-hydroxylation sites is 1. The summed E-state index contributed by atoms with van der Waals surface area (Å²) < 4.78 is 5.59. The number of quaternary nitrogens is 1. The van der Waals surface area contributed by atoms with E-state index < -0.39 is 0 Å². The topological polar surface area (TPSA) is 54.3 Å². The number of nitrogens with one attached hydrogen (secondary N) is 1. The molecule has 2 fully saturated rings. The number of ether oxygens (including phenoxy) is 1. The lowest BCUT2D eigenvalue weighted by Crippen LogP contribution is -3.19. The van der Waals surface area contributed by atoms with Crippen molar-refractivity contribution in [2.45, 2.75) is 25.8 Å². The van der Waals surface area contributed by atoms with Crippen LogP contribution < -0.4 is 19.4 Å². The van der Waals surface area contributed by atoms with Gasteiger partial charge in [-0.25, -0.2) is 4.90 Å². The van der Waals surface area contributed by atoms with Crippen LogP contribution in [0.2, 0.25) is 5.02 Å². The molecule has 4 rings (SSSR count). The van der Waals surface area contributed by atoms with Crippen molar-refractivity contribution in [2.24, 2.45) is 0 Å². The number of piperazine rings is 1. The Kier molecular flexibility index (Phi) is 6.25. The molecule has 1 N–H and O–H groups in total. The summed E-state index contributed by atoms with van der Waals surface area (Å²) in [7, 11) is 0. The molecule has 0 aliphatic carbocycles. The maximum Gasteiger partial charge on any atom is 0.292 e. The van der Waals surface area contributed by atoms with Crippen LogP contribution in [0, 0.1) is 0 Å². The van der Waals surface area contributed by atoms with Crippen molar-refractivity contribution in [1.29, 1.82) is 0 Å². The Hall–Kier alpha value is -2.57. The van der Waals surface area contributed by atoms with Crippen LogP contribution in [0.25, 0.3) is 0 Å². The molecule has 0 aromatic heterocycles. The molecule has 0 spiro atoms. The second-order valence-electron chi connectivity index (χ2n) is 7.76. The highest BCUT2D eigenvalue weighted by Gasteiger charge is 2.46. The fraction of sp³-hybridized carbons (Fsp3) is 0.391. The van der Waals surface area contributed by atoms with Crippen LogP contribution in [0.1, 0.15) is 19.8 Å². The van der Waals surface area contributed by atoms with Gasteiger partial charge in [-0.15, -0.1) is 0 Å². The highest BCUT2D eigenvalue weighted by molar-refractivity contribution is 6.33. The normalized spacial score (nSPS) is 20.1. The first-order valence-corrected chi connectivity index (χ1v) is 10.9. The smallest absolute Gasteiger partial charge is 0.292 e. The molecule has 7 heteroatoms. The Morgan fingerprint density at radius 2 is 1.77 bits per heavy atom. The van der Waals surface area contributed by atoms with Crippen molar-refractivity contribution in [3.05, 3.63) is 53.6 Å². The molecule has 2 amide bonds. The number of hydrogen-bond acceptors (Lipinski definition) is 4. The van der Waals surface area contributed by atoms with Crippen molar-refractivity contribution < 1.29 is 19.2 Å². The third kappa shape index (κ3) is 4.16. The quantitative estimate of drug-likeness (QED) is 0.716. The molecule has 0 unspecified atom stereocenters. The highest BCUT2D eigenvalue weighted by atomic mass is 35.5. The first-order chi connectivity index (χ1) is 14.6. The molecule has 2 aliphatic heterocycles. The average molecular weight is 429 g/mol. The van der Waals surface area contributed by atoms with E-state index in [0.717, 1.165) is 49.1 Å². The van der Waals surface area contributed by atoms with Crippen LogP contribution in [-0.2, 0) is 9.59 Å². The monoisotopic (exact) mass is 428 g/mol. The van der Waals surface area contributed by atoms with E-state index in [1.807, 2.05) is 43.3 Å². The lowest BCUT2D eigenvalue weighted by molar-refractivity contribution is -0.915. The van der Waals surface area contributed by atoms with E-state index in [9.17, 15) is 9.59 Å². The zero-order valence-corrected chi connectivity index (χ0v) is 17.9. The van der Waals surface area contributed by atoms with Gasteiger partial charge in [-0.1, -0.05) is 30.7 Å². The van der Waals surface area contributed by atoms with Crippen molar-refractivity contribution in [3.8, 4) is 5.75 Å². The molecule has 0 saturated carbocycles. The fourth-order valence-electron chi connectivity index (χ4n) is 4.22. The van der Waals surface area contributed by atoms with Gasteiger partial charge >= 0.3 is 0 Å². The largest absolute Gasteiger partial charge is 0.494 e. The second-order valence-corrected chi connectivity index (χ2v) is 8.17. The Labute approximate surface area is 182 Å². The number of nitrogens with zero attached hydrogens (tertiary/aromatic N) is 2. The maximum atomic E-state index is 13.1. The van der Waals surface area contributed by atoms with Crippen molar-refractivity contribution in [2.75, 3.05) is 42.6 Å². The molecular formula is C23H27ClN3O3+. The number of anilines is 2. The van der Waals surface area contributed by atoms with E-state index in [2.05, 4.69) is 4.90 Å². The van der Waals surface area contributed by atoms with Crippen molar-refractivity contribution in [3.63, 3.8) is 0 Å². The molecule has 2 aromatic rings. The van der Waals surface area contributed by atoms with Crippen LogP contribution in [0.5, 0.6) is 5.75 Å². The predicted octanol–water partition coefficient (Wildman–Crippen LogP) is 2.17. The van der Waals surface area contributed by atoms with Gasteiger partial charge in [0.2, 0.25) is 5.91 Å². The van der Waals surface area contributed by atoms with Crippen LogP contribution in [0.4, 0.5) is 11.4 Å². The molecule has 30 heavy (non-hydrogen) atoms. The lowest BCUT2D eigenvalue weighted by Gasteiger charge is -2.36. The fourth-order valence-corrected chi connectivity index (χ4v) is 4.48. The third-order valence-corrected chi connectivity index (χ3v) is 6.13. The number of carbonyl (C=O) groups is 2. The van der Waals surface area contributed by atoms with Gasteiger partial charge in [-0.2, -0.15) is 0 Å². The zero-order chi connectivity index (χ0) is 21.1. The first kappa shape index (κ1) is 20.7. The van der Waals surface area contributed by atoms with E-state index in [-0.39, 0.29) is 24.3 Å². The van der Waals surface area contributed by atoms with Crippen LogP contribution in [0.3, 0.4) is 0 Å². The molecule has 2 heterocycles. The second kappa shape index (κ2) is 9.06. The number of hydrogen-bond donors (Lipinski definition) is 1. The molecule has 2 aromatic carbocycles. The summed E-state index contributed by atoms with van der Waals surface area (Å²) in [5.74, 6) is 0.509. The third-order valence-electron chi connectivity index (χ3n) is 5.81. The molecule has 2 saturated heterocycles. The number of rotatable bonds is 6. The van der Waals surface area contributed by atoms with Crippen molar-refractivity contribution >= 4 is 34.8 Å². The molecule has 1 atom stereocenters. The molecule has 0 bridgehead atoms. The van der Waals surface area contributed by atoms with Gasteiger partial charge in [-0.05, 0) is 42.8 Å². The Balaban J connectivity index is 1.40. The van der Waals surface area contributed by atoms with E-state index in [0.29, 0.717) is 12.3 Å². The summed E-state index contributed by atoms with van der Waals surface area (Å²) in [6.45, 7) is 5.90. The van der Waals surface area contributed by atoms with E-state index in [1.54, 1.807) is 12.1 Å².